The summed E-state index contributed by atoms with van der Waals surface area (Å²) < 4.78 is 0. The molecule has 1 rings (SSSR count). The van der Waals surface area contributed by atoms with Crippen LogP contribution in [-0.4, -0.2) is 23.9 Å². The zero-order chi connectivity index (χ0) is 13.7. The minimum absolute atomic E-state index is 0.00215. The lowest BCUT2D eigenvalue weighted by atomic mass is 10.1. The van der Waals surface area contributed by atoms with E-state index in [1.54, 1.807) is 11.9 Å². The summed E-state index contributed by atoms with van der Waals surface area (Å²) >= 11 is 5.85. The van der Waals surface area contributed by atoms with Gasteiger partial charge in [0.15, 0.2) is 0 Å². The van der Waals surface area contributed by atoms with E-state index in [0.29, 0.717) is 5.02 Å². The molecule has 0 radical (unpaired) electrons. The number of rotatable bonds is 5. The van der Waals surface area contributed by atoms with Gasteiger partial charge in [0.1, 0.15) is 0 Å². The van der Waals surface area contributed by atoms with Crippen molar-refractivity contribution in [3.8, 4) is 0 Å². The van der Waals surface area contributed by atoms with Gasteiger partial charge in [-0.1, -0.05) is 37.1 Å². The lowest BCUT2D eigenvalue weighted by molar-refractivity contribution is -0.133. The molecule has 0 aliphatic carbocycles. The number of carbonyl (C=O) groups is 1. The summed E-state index contributed by atoms with van der Waals surface area (Å²) in [7, 11) is 1.79. The summed E-state index contributed by atoms with van der Waals surface area (Å²) in [5.74, 6) is -0.0145. The summed E-state index contributed by atoms with van der Waals surface area (Å²) in [6.07, 6.45) is 1.63. The maximum Gasteiger partial charge on any atom is 0.239 e. The molecule has 1 aromatic carbocycles. The third kappa shape index (κ3) is 3.72. The van der Waals surface area contributed by atoms with Crippen LogP contribution in [0.25, 0.3) is 0 Å². The first-order valence-corrected chi connectivity index (χ1v) is 6.62. The summed E-state index contributed by atoms with van der Waals surface area (Å²) in [4.78, 5) is 13.8. The van der Waals surface area contributed by atoms with Crippen LogP contribution in [0.1, 0.15) is 38.3 Å². The number of hydrogen-bond donors (Lipinski definition) is 1. The highest BCUT2D eigenvalue weighted by Gasteiger charge is 2.22. The Morgan fingerprint density at radius 1 is 1.39 bits per heavy atom. The molecule has 0 saturated carbocycles. The Hall–Kier alpha value is -1.06. The van der Waals surface area contributed by atoms with Gasteiger partial charge in [0.2, 0.25) is 5.91 Å². The largest absolute Gasteiger partial charge is 0.338 e. The molecule has 0 aromatic heterocycles. The molecule has 2 N–H and O–H groups in total. The van der Waals surface area contributed by atoms with Crippen LogP contribution in [0.15, 0.2) is 24.3 Å². The fourth-order valence-electron chi connectivity index (χ4n) is 1.85. The predicted molar refractivity (Wildman–Crippen MR) is 75.5 cm³/mol. The van der Waals surface area contributed by atoms with Crippen molar-refractivity contribution in [3.63, 3.8) is 0 Å². The fraction of sp³-hybridized carbons (Fsp3) is 0.500. The molecule has 18 heavy (non-hydrogen) atoms. The predicted octanol–water partition coefficient (Wildman–Crippen LogP) is 2.99. The van der Waals surface area contributed by atoms with Gasteiger partial charge in [0, 0.05) is 12.1 Å². The first-order valence-electron chi connectivity index (χ1n) is 6.25. The molecule has 0 spiro atoms. The van der Waals surface area contributed by atoms with Gasteiger partial charge in [-0.25, -0.2) is 0 Å². The topological polar surface area (TPSA) is 46.3 Å². The summed E-state index contributed by atoms with van der Waals surface area (Å²) in [5.41, 5.74) is 6.91. The quantitative estimate of drug-likeness (QED) is 0.892. The minimum Gasteiger partial charge on any atom is -0.338 e. The Morgan fingerprint density at radius 2 is 1.94 bits per heavy atom. The first kappa shape index (κ1) is 15.0. The van der Waals surface area contributed by atoms with Crippen LogP contribution < -0.4 is 5.73 Å². The highest BCUT2D eigenvalue weighted by Crippen LogP contribution is 2.21. The monoisotopic (exact) mass is 268 g/mol. The van der Waals surface area contributed by atoms with E-state index in [9.17, 15) is 4.79 Å². The van der Waals surface area contributed by atoms with Crippen molar-refractivity contribution in [1.29, 1.82) is 0 Å². The highest BCUT2D eigenvalue weighted by molar-refractivity contribution is 6.30. The van der Waals surface area contributed by atoms with Crippen LogP contribution in [0.4, 0.5) is 0 Å². The van der Waals surface area contributed by atoms with E-state index in [-0.39, 0.29) is 11.9 Å². The molecule has 0 heterocycles. The van der Waals surface area contributed by atoms with E-state index in [0.717, 1.165) is 18.4 Å². The van der Waals surface area contributed by atoms with Crippen LogP contribution in [0.5, 0.6) is 0 Å². The maximum atomic E-state index is 12.1. The van der Waals surface area contributed by atoms with E-state index in [1.807, 2.05) is 38.1 Å². The summed E-state index contributed by atoms with van der Waals surface area (Å²) in [6, 6.07) is 7.12. The molecule has 0 bridgehead atoms. The highest BCUT2D eigenvalue weighted by atomic mass is 35.5. The van der Waals surface area contributed by atoms with Crippen molar-refractivity contribution in [2.45, 2.75) is 38.8 Å². The number of carbonyl (C=O) groups excluding carboxylic acids is 1. The molecule has 0 aliphatic rings. The van der Waals surface area contributed by atoms with Crippen molar-refractivity contribution >= 4 is 17.5 Å². The van der Waals surface area contributed by atoms with E-state index in [4.69, 9.17) is 17.3 Å². The second-order valence-electron chi connectivity index (χ2n) is 4.57. The van der Waals surface area contributed by atoms with Gasteiger partial charge >= 0.3 is 0 Å². The number of hydrogen-bond acceptors (Lipinski definition) is 2. The molecule has 0 aliphatic heterocycles. The van der Waals surface area contributed by atoms with Crippen LogP contribution in [0.2, 0.25) is 5.02 Å². The lowest BCUT2D eigenvalue weighted by Gasteiger charge is -2.28. The molecular weight excluding hydrogens is 248 g/mol. The second kappa shape index (κ2) is 6.76. The number of nitrogens with two attached hydrogens (primary N) is 1. The number of benzene rings is 1. The van der Waals surface area contributed by atoms with E-state index in [2.05, 4.69) is 0 Å². The van der Waals surface area contributed by atoms with Gasteiger partial charge in [-0.3, -0.25) is 4.79 Å². The molecule has 0 saturated heterocycles. The fourth-order valence-corrected chi connectivity index (χ4v) is 1.98. The molecule has 1 unspecified atom stereocenters. The Morgan fingerprint density at radius 3 is 2.44 bits per heavy atom. The van der Waals surface area contributed by atoms with Crippen molar-refractivity contribution < 1.29 is 4.79 Å². The lowest BCUT2D eigenvalue weighted by Crippen LogP contribution is -2.42. The average Bonchev–Trinajstić information content (AvgIpc) is 2.37. The molecule has 0 fully saturated rings. The van der Waals surface area contributed by atoms with Gasteiger partial charge < -0.3 is 10.6 Å². The van der Waals surface area contributed by atoms with Gasteiger partial charge in [0.25, 0.3) is 0 Å². The molecule has 1 amide bonds. The maximum absolute atomic E-state index is 12.1. The van der Waals surface area contributed by atoms with Gasteiger partial charge in [0.05, 0.1) is 12.1 Å². The minimum atomic E-state index is -0.408. The van der Waals surface area contributed by atoms with Crippen molar-refractivity contribution in [2.24, 2.45) is 5.73 Å². The van der Waals surface area contributed by atoms with Crippen molar-refractivity contribution in [1.82, 2.24) is 4.90 Å². The Labute approximate surface area is 114 Å². The van der Waals surface area contributed by atoms with Crippen LogP contribution in [-0.2, 0) is 4.79 Å². The third-order valence-corrected chi connectivity index (χ3v) is 3.45. The molecule has 100 valence electrons. The van der Waals surface area contributed by atoms with E-state index >= 15 is 0 Å². The van der Waals surface area contributed by atoms with Crippen LogP contribution >= 0.6 is 11.6 Å². The Bertz CT molecular complexity index is 391. The summed E-state index contributed by atoms with van der Waals surface area (Å²) in [5, 5.41) is 0.697. The molecule has 1 aromatic rings. The molecule has 2 atom stereocenters. The standard InChI is InChI=1S/C14H21ClN2O/c1-4-5-13(16)14(18)17(3)10(2)11-6-8-12(15)9-7-11/h6-10,13H,4-5,16H2,1-3H3/t10?,13-/m0/s1. The molecule has 3 nitrogen and oxygen atoms in total. The molecular formula is C14H21ClN2O. The van der Waals surface area contributed by atoms with Crippen molar-refractivity contribution in [3.05, 3.63) is 34.9 Å². The third-order valence-electron chi connectivity index (χ3n) is 3.20. The SMILES string of the molecule is CCC[C@H](N)C(=O)N(C)C(C)c1ccc(Cl)cc1. The van der Waals surface area contributed by atoms with E-state index in [1.165, 1.54) is 0 Å². The Kier molecular flexibility index (Phi) is 5.63. The smallest absolute Gasteiger partial charge is 0.239 e. The zero-order valence-electron chi connectivity index (χ0n) is 11.2. The number of likely N-dealkylation sites (N-methyl/N-ethyl adjacent to an activating group) is 1. The van der Waals surface area contributed by atoms with Crippen LogP contribution in [0.3, 0.4) is 0 Å². The molecule has 4 heteroatoms. The summed E-state index contributed by atoms with van der Waals surface area (Å²) in [6.45, 7) is 4.01. The number of amides is 1. The van der Waals surface area contributed by atoms with Gasteiger partial charge in [-0.2, -0.15) is 0 Å². The number of nitrogens with zero attached hydrogens (tertiary/aromatic N) is 1. The second-order valence-corrected chi connectivity index (χ2v) is 5.01. The van der Waals surface area contributed by atoms with Crippen LogP contribution in [0, 0.1) is 0 Å². The normalized spacial score (nSPS) is 14.1. The first-order chi connectivity index (χ1) is 8.47. The van der Waals surface area contributed by atoms with E-state index < -0.39 is 6.04 Å². The number of halogens is 1. The average molecular weight is 269 g/mol. The zero-order valence-corrected chi connectivity index (χ0v) is 11.9. The van der Waals surface area contributed by atoms with Gasteiger partial charge in [-0.15, -0.1) is 0 Å². The van der Waals surface area contributed by atoms with Crippen molar-refractivity contribution in [2.75, 3.05) is 7.05 Å². The Balaban J connectivity index is 2.74. The van der Waals surface area contributed by atoms with Gasteiger partial charge in [-0.05, 0) is 31.0 Å².